The number of ether oxygens (including phenoxy) is 2. The molecule has 112 valence electrons. The molecule has 0 aliphatic rings. The van der Waals surface area contributed by atoms with E-state index in [1.807, 2.05) is 6.92 Å². The number of esters is 1. The summed E-state index contributed by atoms with van der Waals surface area (Å²) >= 11 is 1.14. The van der Waals surface area contributed by atoms with Gasteiger partial charge in [0.2, 0.25) is 11.1 Å². The predicted octanol–water partition coefficient (Wildman–Crippen LogP) is -0.911. The van der Waals surface area contributed by atoms with E-state index < -0.39 is 5.97 Å². The van der Waals surface area contributed by atoms with E-state index in [0.29, 0.717) is 11.8 Å². The van der Waals surface area contributed by atoms with Gasteiger partial charge in [-0.1, -0.05) is 11.8 Å². The first-order valence-corrected chi connectivity index (χ1v) is 6.79. The highest BCUT2D eigenvalue weighted by Crippen LogP contribution is 2.13. The molecular weight excluding hydrogens is 286 g/mol. The normalized spacial score (nSPS) is 11.9. The van der Waals surface area contributed by atoms with E-state index in [1.165, 1.54) is 11.8 Å². The van der Waals surface area contributed by atoms with Crippen molar-refractivity contribution in [2.45, 2.75) is 24.7 Å². The maximum absolute atomic E-state index is 11.7. The lowest BCUT2D eigenvalue weighted by Crippen LogP contribution is -2.36. The third kappa shape index (κ3) is 5.53. The van der Waals surface area contributed by atoms with Gasteiger partial charge in [-0.25, -0.2) is 4.68 Å². The number of carbonyl (C=O) groups is 2. The number of rotatable bonds is 8. The average Bonchev–Trinajstić information content (AvgIpc) is 2.83. The highest BCUT2D eigenvalue weighted by atomic mass is 32.2. The van der Waals surface area contributed by atoms with Gasteiger partial charge in [0.05, 0.1) is 19.5 Å². The lowest BCUT2D eigenvalue weighted by molar-refractivity contribution is -0.141. The molecule has 0 radical (unpaired) electrons. The van der Waals surface area contributed by atoms with Crippen LogP contribution in [0.2, 0.25) is 0 Å². The van der Waals surface area contributed by atoms with Crippen LogP contribution in [0.4, 0.5) is 0 Å². The number of hydrogen-bond donors (Lipinski definition) is 1. The van der Waals surface area contributed by atoms with Crippen molar-refractivity contribution in [1.29, 1.82) is 0 Å². The van der Waals surface area contributed by atoms with Crippen molar-refractivity contribution < 1.29 is 19.1 Å². The Morgan fingerprint density at radius 1 is 1.45 bits per heavy atom. The molecule has 0 fully saturated rings. The summed E-state index contributed by atoms with van der Waals surface area (Å²) in [6.07, 6.45) is 0. The Balaban J connectivity index is 2.43. The van der Waals surface area contributed by atoms with Crippen LogP contribution in [-0.2, 0) is 25.6 Å². The molecule has 0 aliphatic carbocycles. The van der Waals surface area contributed by atoms with E-state index in [0.717, 1.165) is 11.8 Å². The number of methoxy groups -OCH3 is 2. The molecule has 0 saturated carbocycles. The maximum Gasteiger partial charge on any atom is 0.327 e. The minimum absolute atomic E-state index is 0.0702. The van der Waals surface area contributed by atoms with Gasteiger partial charge in [-0.15, -0.1) is 5.10 Å². The summed E-state index contributed by atoms with van der Waals surface area (Å²) in [5.74, 6) is -0.472. The molecule has 1 aromatic rings. The van der Waals surface area contributed by atoms with E-state index >= 15 is 0 Å². The van der Waals surface area contributed by atoms with Crippen LogP contribution in [0.3, 0.4) is 0 Å². The molecule has 0 bridgehead atoms. The first-order chi connectivity index (χ1) is 9.56. The summed E-state index contributed by atoms with van der Waals surface area (Å²) < 4.78 is 10.7. The average molecular weight is 303 g/mol. The largest absolute Gasteiger partial charge is 0.468 e. The topological polar surface area (TPSA) is 108 Å². The molecule has 10 heteroatoms. The summed E-state index contributed by atoms with van der Waals surface area (Å²) in [5.41, 5.74) is 0. The highest BCUT2D eigenvalue weighted by molar-refractivity contribution is 7.99. The SMILES string of the molecule is COCC(C)NC(=O)CSc1nnnn1CC(=O)OC. The Bertz CT molecular complexity index is 453. The molecule has 0 spiro atoms. The molecular formula is C10H17N5O4S. The summed E-state index contributed by atoms with van der Waals surface area (Å²) in [6.45, 7) is 2.19. The molecule has 1 atom stereocenters. The van der Waals surface area contributed by atoms with Gasteiger partial charge < -0.3 is 14.8 Å². The molecule has 20 heavy (non-hydrogen) atoms. The summed E-state index contributed by atoms with van der Waals surface area (Å²) in [6, 6.07) is -0.0702. The Labute approximate surface area is 120 Å². The van der Waals surface area contributed by atoms with Gasteiger partial charge in [0.25, 0.3) is 0 Å². The molecule has 1 aromatic heterocycles. The van der Waals surface area contributed by atoms with Crippen molar-refractivity contribution in [3.05, 3.63) is 0 Å². The third-order valence-corrected chi connectivity index (χ3v) is 3.12. The second-order valence-electron chi connectivity index (χ2n) is 3.91. The lowest BCUT2D eigenvalue weighted by atomic mass is 10.3. The van der Waals surface area contributed by atoms with Gasteiger partial charge in [-0.05, 0) is 17.4 Å². The molecule has 1 unspecified atom stereocenters. The number of nitrogens with zero attached hydrogens (tertiary/aromatic N) is 4. The zero-order valence-corrected chi connectivity index (χ0v) is 12.3. The van der Waals surface area contributed by atoms with E-state index in [4.69, 9.17) is 4.74 Å². The van der Waals surface area contributed by atoms with Crippen molar-refractivity contribution in [3.8, 4) is 0 Å². The fraction of sp³-hybridized carbons (Fsp3) is 0.700. The van der Waals surface area contributed by atoms with Crippen LogP contribution in [0.15, 0.2) is 5.16 Å². The van der Waals surface area contributed by atoms with Crippen molar-refractivity contribution in [2.75, 3.05) is 26.6 Å². The second kappa shape index (κ2) is 8.48. The number of nitrogens with one attached hydrogen (secondary N) is 1. The highest BCUT2D eigenvalue weighted by Gasteiger charge is 2.14. The van der Waals surface area contributed by atoms with Crippen LogP contribution in [-0.4, -0.2) is 64.7 Å². The quantitative estimate of drug-likeness (QED) is 0.485. The molecule has 1 N–H and O–H groups in total. The first kappa shape index (κ1) is 16.4. The van der Waals surface area contributed by atoms with Crippen LogP contribution in [0.25, 0.3) is 0 Å². The van der Waals surface area contributed by atoms with E-state index in [-0.39, 0.29) is 24.2 Å². The predicted molar refractivity (Wildman–Crippen MR) is 70.0 cm³/mol. The number of amides is 1. The molecule has 0 aromatic carbocycles. The van der Waals surface area contributed by atoms with Crippen LogP contribution >= 0.6 is 11.8 Å². The number of thioether (sulfide) groups is 1. The Morgan fingerprint density at radius 2 is 2.20 bits per heavy atom. The Hall–Kier alpha value is -1.68. The lowest BCUT2D eigenvalue weighted by Gasteiger charge is -2.12. The zero-order chi connectivity index (χ0) is 15.0. The molecule has 1 amide bonds. The summed E-state index contributed by atoms with van der Waals surface area (Å²) in [4.78, 5) is 22.8. The molecule has 0 saturated heterocycles. The number of tetrazole rings is 1. The zero-order valence-electron chi connectivity index (χ0n) is 11.5. The fourth-order valence-corrected chi connectivity index (χ4v) is 2.01. The number of hydrogen-bond acceptors (Lipinski definition) is 8. The van der Waals surface area contributed by atoms with Gasteiger partial charge in [0, 0.05) is 13.2 Å². The maximum atomic E-state index is 11.7. The second-order valence-corrected chi connectivity index (χ2v) is 4.85. The monoisotopic (exact) mass is 303 g/mol. The Kier molecular flexibility index (Phi) is 6.94. The first-order valence-electron chi connectivity index (χ1n) is 5.81. The summed E-state index contributed by atoms with van der Waals surface area (Å²) in [5, 5.41) is 14.0. The number of carbonyl (C=O) groups excluding carboxylic acids is 2. The van der Waals surface area contributed by atoms with Crippen LogP contribution < -0.4 is 5.32 Å². The van der Waals surface area contributed by atoms with E-state index in [9.17, 15) is 9.59 Å². The van der Waals surface area contributed by atoms with Gasteiger partial charge in [-0.3, -0.25) is 9.59 Å². The van der Waals surface area contributed by atoms with Crippen molar-refractivity contribution in [2.24, 2.45) is 0 Å². The minimum Gasteiger partial charge on any atom is -0.468 e. The summed E-state index contributed by atoms with van der Waals surface area (Å²) in [7, 11) is 2.85. The van der Waals surface area contributed by atoms with E-state index in [1.54, 1.807) is 7.11 Å². The minimum atomic E-state index is -0.461. The van der Waals surface area contributed by atoms with Crippen molar-refractivity contribution >= 4 is 23.6 Å². The van der Waals surface area contributed by atoms with Gasteiger partial charge >= 0.3 is 5.97 Å². The number of aromatic nitrogens is 4. The van der Waals surface area contributed by atoms with Gasteiger partial charge in [-0.2, -0.15) is 0 Å². The smallest absolute Gasteiger partial charge is 0.327 e. The third-order valence-electron chi connectivity index (χ3n) is 2.16. The molecule has 0 aliphatic heterocycles. The van der Waals surface area contributed by atoms with E-state index in [2.05, 4.69) is 25.6 Å². The van der Waals surface area contributed by atoms with Crippen LogP contribution in [0.1, 0.15) is 6.92 Å². The standard InChI is InChI=1S/C10H17N5O4S/c1-7(5-18-2)11-8(16)6-20-10-12-13-14-15(10)4-9(17)19-3/h7H,4-6H2,1-3H3,(H,11,16). The molecule has 1 rings (SSSR count). The van der Waals surface area contributed by atoms with Gasteiger partial charge in [0.1, 0.15) is 6.54 Å². The van der Waals surface area contributed by atoms with Crippen molar-refractivity contribution in [1.82, 2.24) is 25.5 Å². The van der Waals surface area contributed by atoms with Crippen LogP contribution in [0.5, 0.6) is 0 Å². The fourth-order valence-electron chi connectivity index (χ4n) is 1.32. The van der Waals surface area contributed by atoms with Crippen LogP contribution in [0, 0.1) is 0 Å². The molecule has 9 nitrogen and oxygen atoms in total. The Morgan fingerprint density at radius 3 is 2.85 bits per heavy atom. The molecule has 1 heterocycles. The van der Waals surface area contributed by atoms with Crippen molar-refractivity contribution in [3.63, 3.8) is 0 Å². The van der Waals surface area contributed by atoms with Gasteiger partial charge in [0.15, 0.2) is 0 Å².